The fourth-order valence-corrected chi connectivity index (χ4v) is 2.84. The van der Waals surface area contributed by atoms with E-state index >= 15 is 0 Å². The molecule has 2 aromatic carbocycles. The molecule has 0 saturated heterocycles. The van der Waals surface area contributed by atoms with Gasteiger partial charge in [0.2, 0.25) is 11.9 Å². The maximum atomic E-state index is 11.2. The molecule has 2 aromatic heterocycles. The fraction of sp³-hybridized carbons (Fsp3) is 0.0476. The SMILES string of the molecule is Cc1nn(-c2ccccc2)cc1-c1ccnc(Nc2ccc(C(N)=O)cc2)n1. The standard InChI is InChI=1S/C21H18N6O/c1-14-18(13-27(26-14)17-5-3-2-4-6-17)19-11-12-23-21(25-19)24-16-9-7-15(8-10-16)20(22)28/h2-13H,1H3,(H2,22,28)(H,23,24,25). The van der Waals surface area contributed by atoms with Crippen molar-refractivity contribution in [3.05, 3.63) is 84.3 Å². The number of rotatable bonds is 5. The van der Waals surface area contributed by atoms with Crippen molar-refractivity contribution in [3.8, 4) is 16.9 Å². The molecule has 28 heavy (non-hydrogen) atoms. The lowest BCUT2D eigenvalue weighted by atomic mass is 10.2. The first-order chi connectivity index (χ1) is 13.6. The molecule has 0 aliphatic heterocycles. The quantitative estimate of drug-likeness (QED) is 0.560. The molecule has 0 aliphatic carbocycles. The lowest BCUT2D eigenvalue weighted by Crippen LogP contribution is -2.10. The number of hydrogen-bond acceptors (Lipinski definition) is 5. The van der Waals surface area contributed by atoms with Crippen molar-refractivity contribution in [3.63, 3.8) is 0 Å². The number of hydrogen-bond donors (Lipinski definition) is 2. The predicted molar refractivity (Wildman–Crippen MR) is 108 cm³/mol. The van der Waals surface area contributed by atoms with Gasteiger partial charge in [-0.25, -0.2) is 14.6 Å². The normalized spacial score (nSPS) is 10.6. The van der Waals surface area contributed by atoms with Crippen LogP contribution in [-0.2, 0) is 0 Å². The lowest BCUT2D eigenvalue weighted by molar-refractivity contribution is 0.100. The van der Waals surface area contributed by atoms with Crippen molar-refractivity contribution < 1.29 is 4.79 Å². The predicted octanol–water partition coefficient (Wildman–Crippen LogP) is 3.48. The summed E-state index contributed by atoms with van der Waals surface area (Å²) in [5, 5.41) is 7.73. The minimum atomic E-state index is -0.462. The van der Waals surface area contributed by atoms with E-state index in [0.717, 1.165) is 28.3 Å². The number of amides is 1. The minimum Gasteiger partial charge on any atom is -0.366 e. The van der Waals surface area contributed by atoms with Crippen LogP contribution in [0.15, 0.2) is 73.1 Å². The summed E-state index contributed by atoms with van der Waals surface area (Å²) in [6.45, 7) is 1.95. The molecule has 0 saturated carbocycles. The van der Waals surface area contributed by atoms with E-state index in [-0.39, 0.29) is 0 Å². The van der Waals surface area contributed by atoms with Gasteiger partial charge in [-0.1, -0.05) is 18.2 Å². The van der Waals surface area contributed by atoms with Gasteiger partial charge >= 0.3 is 0 Å². The number of nitrogens with two attached hydrogens (primary N) is 1. The maximum Gasteiger partial charge on any atom is 0.248 e. The summed E-state index contributed by atoms with van der Waals surface area (Å²) in [4.78, 5) is 20.0. The maximum absolute atomic E-state index is 11.2. The van der Waals surface area contributed by atoms with E-state index < -0.39 is 5.91 Å². The van der Waals surface area contributed by atoms with Crippen molar-refractivity contribution in [2.75, 3.05) is 5.32 Å². The Balaban J connectivity index is 1.60. The van der Waals surface area contributed by atoms with Gasteiger partial charge in [0.1, 0.15) is 0 Å². The van der Waals surface area contributed by atoms with E-state index in [1.165, 1.54) is 0 Å². The Morgan fingerprint density at radius 2 is 1.79 bits per heavy atom. The van der Waals surface area contributed by atoms with Gasteiger partial charge in [-0.05, 0) is 49.4 Å². The molecule has 0 fully saturated rings. The van der Waals surface area contributed by atoms with Gasteiger partial charge in [0.15, 0.2) is 0 Å². The molecule has 7 nitrogen and oxygen atoms in total. The number of para-hydroxylation sites is 1. The smallest absolute Gasteiger partial charge is 0.248 e. The van der Waals surface area contributed by atoms with E-state index in [0.29, 0.717) is 11.5 Å². The summed E-state index contributed by atoms with van der Waals surface area (Å²) in [5.74, 6) is -0.00751. The molecule has 0 aliphatic rings. The molecule has 138 valence electrons. The Morgan fingerprint density at radius 3 is 2.50 bits per heavy atom. The molecule has 0 bridgehead atoms. The number of nitrogens with zero attached hydrogens (tertiary/aromatic N) is 4. The molecule has 4 aromatic rings. The molecule has 2 heterocycles. The second-order valence-corrected chi connectivity index (χ2v) is 6.24. The van der Waals surface area contributed by atoms with Crippen LogP contribution in [0.1, 0.15) is 16.1 Å². The van der Waals surface area contributed by atoms with Gasteiger partial charge in [0, 0.05) is 29.2 Å². The monoisotopic (exact) mass is 370 g/mol. The van der Waals surface area contributed by atoms with Crippen molar-refractivity contribution in [1.29, 1.82) is 0 Å². The van der Waals surface area contributed by atoms with Gasteiger partial charge in [-0.3, -0.25) is 4.79 Å². The summed E-state index contributed by atoms with van der Waals surface area (Å²) >= 11 is 0. The highest BCUT2D eigenvalue weighted by Crippen LogP contribution is 2.23. The van der Waals surface area contributed by atoms with E-state index in [9.17, 15) is 4.79 Å². The Labute approximate surface area is 161 Å². The molecular formula is C21H18N6O. The summed E-state index contributed by atoms with van der Waals surface area (Å²) in [5.41, 5.74) is 10.0. The number of nitrogens with one attached hydrogen (secondary N) is 1. The van der Waals surface area contributed by atoms with Crippen molar-refractivity contribution in [2.45, 2.75) is 6.92 Å². The van der Waals surface area contributed by atoms with Crippen LogP contribution >= 0.6 is 0 Å². The first-order valence-corrected chi connectivity index (χ1v) is 8.72. The third-order valence-corrected chi connectivity index (χ3v) is 4.28. The lowest BCUT2D eigenvalue weighted by Gasteiger charge is -2.06. The average molecular weight is 370 g/mol. The zero-order chi connectivity index (χ0) is 19.5. The highest BCUT2D eigenvalue weighted by molar-refractivity contribution is 5.93. The molecule has 1 amide bonds. The number of aromatic nitrogens is 4. The number of anilines is 2. The number of aryl methyl sites for hydroxylation is 1. The van der Waals surface area contributed by atoms with Crippen LogP contribution in [0.25, 0.3) is 16.9 Å². The number of carbonyl (C=O) groups excluding carboxylic acids is 1. The molecular weight excluding hydrogens is 352 g/mol. The summed E-state index contributed by atoms with van der Waals surface area (Å²) in [7, 11) is 0. The van der Waals surface area contributed by atoms with Gasteiger partial charge in [0.05, 0.1) is 17.1 Å². The van der Waals surface area contributed by atoms with Crippen molar-refractivity contribution >= 4 is 17.5 Å². The van der Waals surface area contributed by atoms with Crippen LogP contribution in [0.4, 0.5) is 11.6 Å². The van der Waals surface area contributed by atoms with E-state index in [4.69, 9.17) is 5.73 Å². The van der Waals surface area contributed by atoms with E-state index in [2.05, 4.69) is 20.4 Å². The zero-order valence-corrected chi connectivity index (χ0v) is 15.2. The molecule has 3 N–H and O–H groups in total. The number of benzene rings is 2. The summed E-state index contributed by atoms with van der Waals surface area (Å²) < 4.78 is 1.84. The Bertz CT molecular complexity index is 1120. The number of primary amides is 1. The average Bonchev–Trinajstić information content (AvgIpc) is 3.11. The first-order valence-electron chi connectivity index (χ1n) is 8.72. The van der Waals surface area contributed by atoms with Gasteiger partial charge in [-0.2, -0.15) is 5.10 Å². The second-order valence-electron chi connectivity index (χ2n) is 6.24. The highest BCUT2D eigenvalue weighted by atomic mass is 16.1. The van der Waals surface area contributed by atoms with E-state index in [1.54, 1.807) is 30.5 Å². The molecule has 7 heteroatoms. The van der Waals surface area contributed by atoms with Gasteiger partial charge < -0.3 is 11.1 Å². The van der Waals surface area contributed by atoms with Gasteiger partial charge in [0.25, 0.3) is 0 Å². The molecule has 0 spiro atoms. The largest absolute Gasteiger partial charge is 0.366 e. The Morgan fingerprint density at radius 1 is 1.04 bits per heavy atom. The summed E-state index contributed by atoms with van der Waals surface area (Å²) in [6.07, 6.45) is 3.65. The number of carbonyl (C=O) groups is 1. The molecule has 0 radical (unpaired) electrons. The minimum absolute atomic E-state index is 0.448. The van der Waals surface area contributed by atoms with Crippen molar-refractivity contribution in [1.82, 2.24) is 19.7 Å². The second kappa shape index (κ2) is 7.32. The van der Waals surface area contributed by atoms with Crippen LogP contribution in [0.5, 0.6) is 0 Å². The molecule has 0 unspecified atom stereocenters. The Hall–Kier alpha value is -4.00. The van der Waals surface area contributed by atoms with E-state index in [1.807, 2.05) is 54.2 Å². The highest BCUT2D eigenvalue weighted by Gasteiger charge is 2.11. The third kappa shape index (κ3) is 3.59. The van der Waals surface area contributed by atoms with Crippen LogP contribution in [0, 0.1) is 6.92 Å². The van der Waals surface area contributed by atoms with Crippen LogP contribution in [0.3, 0.4) is 0 Å². The Kier molecular flexibility index (Phi) is 4.55. The van der Waals surface area contributed by atoms with Crippen LogP contribution < -0.4 is 11.1 Å². The van der Waals surface area contributed by atoms with Crippen LogP contribution in [-0.4, -0.2) is 25.7 Å². The topological polar surface area (TPSA) is 98.7 Å². The zero-order valence-electron chi connectivity index (χ0n) is 15.2. The molecule has 0 atom stereocenters. The fourth-order valence-electron chi connectivity index (χ4n) is 2.84. The third-order valence-electron chi connectivity index (χ3n) is 4.28. The molecule has 4 rings (SSSR count). The van der Waals surface area contributed by atoms with Crippen molar-refractivity contribution in [2.24, 2.45) is 5.73 Å². The van der Waals surface area contributed by atoms with Crippen LogP contribution in [0.2, 0.25) is 0 Å². The first kappa shape index (κ1) is 17.4. The summed E-state index contributed by atoms with van der Waals surface area (Å²) in [6, 6.07) is 18.6. The van der Waals surface area contributed by atoms with Gasteiger partial charge in [-0.15, -0.1) is 0 Å².